The average molecular weight is 192 g/mol. The highest BCUT2D eigenvalue weighted by atomic mass is 35.5. The van der Waals surface area contributed by atoms with Crippen LogP contribution >= 0.6 is 11.6 Å². The minimum absolute atomic E-state index is 0.147. The van der Waals surface area contributed by atoms with Gasteiger partial charge in [0.1, 0.15) is 0 Å². The van der Waals surface area contributed by atoms with E-state index in [1.807, 2.05) is 6.92 Å². The molecule has 1 amide bonds. The summed E-state index contributed by atoms with van der Waals surface area (Å²) < 4.78 is 0. The van der Waals surface area contributed by atoms with E-state index in [9.17, 15) is 4.79 Å². The molecule has 0 aromatic rings. The van der Waals surface area contributed by atoms with Crippen molar-refractivity contribution in [3.8, 4) is 0 Å². The van der Waals surface area contributed by atoms with E-state index in [1.54, 1.807) is 0 Å². The van der Waals surface area contributed by atoms with Crippen molar-refractivity contribution < 1.29 is 4.79 Å². The van der Waals surface area contributed by atoms with Crippen molar-refractivity contribution in [3.63, 3.8) is 0 Å². The van der Waals surface area contributed by atoms with Gasteiger partial charge in [0.05, 0.1) is 0 Å². The molecule has 2 nitrogen and oxygen atoms in total. The lowest BCUT2D eigenvalue weighted by atomic mass is 10.2. The lowest BCUT2D eigenvalue weighted by molar-refractivity contribution is -0.121. The third-order valence-electron chi connectivity index (χ3n) is 1.67. The van der Waals surface area contributed by atoms with Crippen LogP contribution in [-0.4, -0.2) is 18.3 Å². The molecule has 0 heterocycles. The molecule has 0 aromatic carbocycles. The van der Waals surface area contributed by atoms with Crippen LogP contribution in [0.15, 0.2) is 0 Å². The molecule has 0 rings (SSSR count). The molecule has 0 aliphatic heterocycles. The Morgan fingerprint density at radius 3 is 2.75 bits per heavy atom. The summed E-state index contributed by atoms with van der Waals surface area (Å²) in [7, 11) is 0. The normalized spacial score (nSPS) is 12.6. The monoisotopic (exact) mass is 191 g/mol. The number of rotatable bonds is 6. The van der Waals surface area contributed by atoms with E-state index in [0.717, 1.165) is 12.8 Å². The zero-order valence-corrected chi connectivity index (χ0v) is 8.66. The SMILES string of the molecule is CCCCC(=O)NCC(C)CCl. The van der Waals surface area contributed by atoms with Crippen molar-refractivity contribution >= 4 is 17.5 Å². The molecule has 1 unspecified atom stereocenters. The summed E-state index contributed by atoms with van der Waals surface area (Å²) >= 11 is 5.59. The van der Waals surface area contributed by atoms with Gasteiger partial charge in [-0.1, -0.05) is 20.3 Å². The molecule has 0 radical (unpaired) electrons. The lowest BCUT2D eigenvalue weighted by Gasteiger charge is -2.08. The minimum Gasteiger partial charge on any atom is -0.356 e. The first kappa shape index (κ1) is 11.8. The van der Waals surface area contributed by atoms with Crippen LogP contribution in [0, 0.1) is 5.92 Å². The standard InChI is InChI=1S/C9H18ClNO/c1-3-4-5-9(12)11-7-8(2)6-10/h8H,3-7H2,1-2H3,(H,11,12). The maximum absolute atomic E-state index is 11.1. The Kier molecular flexibility index (Phi) is 7.26. The summed E-state index contributed by atoms with van der Waals surface area (Å²) in [4.78, 5) is 11.1. The van der Waals surface area contributed by atoms with Gasteiger partial charge in [0.2, 0.25) is 5.91 Å². The van der Waals surface area contributed by atoms with Crippen LogP contribution in [0.2, 0.25) is 0 Å². The summed E-state index contributed by atoms with van der Waals surface area (Å²) in [6.07, 6.45) is 2.69. The van der Waals surface area contributed by atoms with Crippen molar-refractivity contribution in [1.29, 1.82) is 0 Å². The van der Waals surface area contributed by atoms with Crippen LogP contribution in [0.3, 0.4) is 0 Å². The number of carbonyl (C=O) groups is 1. The summed E-state index contributed by atoms with van der Waals surface area (Å²) in [5, 5.41) is 2.84. The number of unbranched alkanes of at least 4 members (excludes halogenated alkanes) is 1. The molecule has 0 spiro atoms. The second-order valence-corrected chi connectivity index (χ2v) is 3.48. The van der Waals surface area contributed by atoms with Gasteiger partial charge >= 0.3 is 0 Å². The molecule has 0 saturated heterocycles. The van der Waals surface area contributed by atoms with E-state index < -0.39 is 0 Å². The number of hydrogen-bond donors (Lipinski definition) is 1. The molecule has 0 fully saturated rings. The fraction of sp³-hybridized carbons (Fsp3) is 0.889. The molecular weight excluding hydrogens is 174 g/mol. The third-order valence-corrected chi connectivity index (χ3v) is 2.20. The maximum Gasteiger partial charge on any atom is 0.220 e. The molecule has 0 saturated carbocycles. The number of hydrogen-bond acceptors (Lipinski definition) is 1. The predicted octanol–water partition coefficient (Wildman–Crippen LogP) is 2.17. The van der Waals surface area contributed by atoms with Crippen molar-refractivity contribution in [1.82, 2.24) is 5.32 Å². The Hall–Kier alpha value is -0.240. The van der Waals surface area contributed by atoms with E-state index in [0.29, 0.717) is 24.8 Å². The zero-order chi connectivity index (χ0) is 9.40. The third kappa shape index (κ3) is 6.47. The molecule has 0 aliphatic carbocycles. The summed E-state index contributed by atoms with van der Waals surface area (Å²) in [5.41, 5.74) is 0. The topological polar surface area (TPSA) is 29.1 Å². The van der Waals surface area contributed by atoms with Crippen molar-refractivity contribution in [3.05, 3.63) is 0 Å². The number of carbonyl (C=O) groups excluding carboxylic acids is 1. The fourth-order valence-electron chi connectivity index (χ4n) is 0.768. The first-order chi connectivity index (χ1) is 5.70. The highest BCUT2D eigenvalue weighted by Crippen LogP contribution is 1.97. The second-order valence-electron chi connectivity index (χ2n) is 3.17. The van der Waals surface area contributed by atoms with Gasteiger partial charge in [0.25, 0.3) is 0 Å². The van der Waals surface area contributed by atoms with E-state index in [1.165, 1.54) is 0 Å². The Bertz CT molecular complexity index is 128. The second kappa shape index (κ2) is 7.41. The van der Waals surface area contributed by atoms with E-state index in [4.69, 9.17) is 11.6 Å². The van der Waals surface area contributed by atoms with Gasteiger partial charge < -0.3 is 5.32 Å². The smallest absolute Gasteiger partial charge is 0.220 e. The van der Waals surface area contributed by atoms with E-state index >= 15 is 0 Å². The molecule has 12 heavy (non-hydrogen) atoms. The Balaban J connectivity index is 3.31. The lowest BCUT2D eigenvalue weighted by Crippen LogP contribution is -2.28. The Morgan fingerprint density at radius 2 is 2.25 bits per heavy atom. The quantitative estimate of drug-likeness (QED) is 0.641. The van der Waals surface area contributed by atoms with Crippen LogP contribution < -0.4 is 5.32 Å². The molecular formula is C9H18ClNO. The summed E-state index contributed by atoms with van der Waals surface area (Å²) in [5.74, 6) is 1.12. The molecule has 3 heteroatoms. The number of nitrogens with one attached hydrogen (secondary N) is 1. The molecule has 72 valence electrons. The van der Waals surface area contributed by atoms with Gasteiger partial charge in [-0.3, -0.25) is 4.79 Å². The van der Waals surface area contributed by atoms with Crippen LogP contribution in [0.4, 0.5) is 0 Å². The van der Waals surface area contributed by atoms with Crippen molar-refractivity contribution in [2.24, 2.45) is 5.92 Å². The van der Waals surface area contributed by atoms with Gasteiger partial charge in [-0.15, -0.1) is 11.6 Å². The highest BCUT2D eigenvalue weighted by molar-refractivity contribution is 6.18. The van der Waals surface area contributed by atoms with Gasteiger partial charge in [0, 0.05) is 18.8 Å². The summed E-state index contributed by atoms with van der Waals surface area (Å²) in [6.45, 7) is 4.80. The molecule has 1 atom stereocenters. The highest BCUT2D eigenvalue weighted by Gasteiger charge is 2.03. The van der Waals surface area contributed by atoms with Gasteiger partial charge in [-0.05, 0) is 12.3 Å². The predicted molar refractivity (Wildman–Crippen MR) is 52.4 cm³/mol. The van der Waals surface area contributed by atoms with Crippen LogP contribution in [-0.2, 0) is 4.79 Å². The number of alkyl halides is 1. The number of amides is 1. The van der Waals surface area contributed by atoms with E-state index in [-0.39, 0.29) is 5.91 Å². The Labute approximate surface area is 79.7 Å². The Morgan fingerprint density at radius 1 is 1.58 bits per heavy atom. The van der Waals surface area contributed by atoms with Crippen LogP contribution in [0.1, 0.15) is 33.1 Å². The number of halogens is 1. The van der Waals surface area contributed by atoms with Gasteiger partial charge in [-0.25, -0.2) is 0 Å². The zero-order valence-electron chi connectivity index (χ0n) is 7.90. The fourth-order valence-corrected chi connectivity index (χ4v) is 0.877. The molecule has 0 aromatic heterocycles. The minimum atomic E-state index is 0.147. The van der Waals surface area contributed by atoms with Crippen molar-refractivity contribution in [2.45, 2.75) is 33.1 Å². The van der Waals surface area contributed by atoms with Gasteiger partial charge in [0.15, 0.2) is 0 Å². The van der Waals surface area contributed by atoms with Crippen molar-refractivity contribution in [2.75, 3.05) is 12.4 Å². The molecule has 1 N–H and O–H groups in total. The molecule has 0 bridgehead atoms. The first-order valence-corrected chi connectivity index (χ1v) is 5.06. The molecule has 0 aliphatic rings. The first-order valence-electron chi connectivity index (χ1n) is 4.53. The van der Waals surface area contributed by atoms with E-state index in [2.05, 4.69) is 12.2 Å². The van der Waals surface area contributed by atoms with Gasteiger partial charge in [-0.2, -0.15) is 0 Å². The average Bonchev–Trinajstić information content (AvgIpc) is 2.10. The van der Waals surface area contributed by atoms with Crippen LogP contribution in [0.25, 0.3) is 0 Å². The maximum atomic E-state index is 11.1. The summed E-state index contributed by atoms with van der Waals surface area (Å²) in [6, 6.07) is 0. The van der Waals surface area contributed by atoms with Crippen LogP contribution in [0.5, 0.6) is 0 Å². The largest absolute Gasteiger partial charge is 0.356 e.